The highest BCUT2D eigenvalue weighted by Crippen LogP contribution is 2.18. The Balaban J connectivity index is 2.25. The quantitative estimate of drug-likeness (QED) is 0.559. The molecule has 0 aliphatic heterocycles. The van der Waals surface area contributed by atoms with Crippen molar-refractivity contribution in [2.24, 2.45) is 5.84 Å². The van der Waals surface area contributed by atoms with Crippen LogP contribution in [-0.4, -0.2) is 23.2 Å². The summed E-state index contributed by atoms with van der Waals surface area (Å²) in [5, 5.41) is 4.07. The Morgan fingerprint density at radius 1 is 1.40 bits per heavy atom. The van der Waals surface area contributed by atoms with Crippen LogP contribution >= 0.6 is 0 Å². The first kappa shape index (κ1) is 14.3. The highest BCUT2D eigenvalue weighted by molar-refractivity contribution is 7.92. The van der Waals surface area contributed by atoms with E-state index in [0.29, 0.717) is 5.69 Å². The van der Waals surface area contributed by atoms with Gasteiger partial charge in [0.25, 0.3) is 10.0 Å². The van der Waals surface area contributed by atoms with E-state index in [2.05, 4.69) is 20.2 Å². The van der Waals surface area contributed by atoms with Crippen molar-refractivity contribution in [2.75, 3.05) is 10.1 Å². The summed E-state index contributed by atoms with van der Waals surface area (Å²) in [6.07, 6.45) is 4.45. The van der Waals surface area contributed by atoms with Crippen LogP contribution in [0.25, 0.3) is 0 Å². The van der Waals surface area contributed by atoms with E-state index in [4.69, 9.17) is 5.84 Å². The van der Waals surface area contributed by atoms with Crippen LogP contribution in [0.2, 0.25) is 0 Å². The molecule has 0 saturated heterocycles. The topological polar surface area (TPSA) is 115 Å². The molecule has 8 nitrogen and oxygen atoms in total. The van der Waals surface area contributed by atoms with Gasteiger partial charge < -0.3 is 5.43 Å². The second-order valence-electron chi connectivity index (χ2n) is 4.43. The lowest BCUT2D eigenvalue weighted by molar-refractivity contribution is 0.532. The maximum absolute atomic E-state index is 12.2. The number of aromatic nitrogens is 3. The van der Waals surface area contributed by atoms with Gasteiger partial charge >= 0.3 is 0 Å². The second-order valence-corrected chi connectivity index (χ2v) is 6.11. The number of anilines is 2. The summed E-state index contributed by atoms with van der Waals surface area (Å²) >= 11 is 0. The molecule has 0 bridgehead atoms. The zero-order valence-corrected chi connectivity index (χ0v) is 11.9. The molecule has 0 radical (unpaired) electrons. The number of sulfonamides is 1. The van der Waals surface area contributed by atoms with E-state index in [0.717, 1.165) is 0 Å². The minimum absolute atomic E-state index is 0.0674. The average molecular weight is 296 g/mol. The van der Waals surface area contributed by atoms with Crippen LogP contribution in [0.3, 0.4) is 0 Å². The predicted molar refractivity (Wildman–Crippen MR) is 75.5 cm³/mol. The highest BCUT2D eigenvalue weighted by atomic mass is 32.2. The SMILES string of the molecule is CC(C)n1cc(NS(=O)(=O)c2ccnc(NN)c2)cn1. The zero-order valence-electron chi connectivity index (χ0n) is 11.1. The molecule has 20 heavy (non-hydrogen) atoms. The van der Waals surface area contributed by atoms with Crippen molar-refractivity contribution in [3.8, 4) is 0 Å². The molecule has 108 valence electrons. The van der Waals surface area contributed by atoms with E-state index in [-0.39, 0.29) is 16.8 Å². The largest absolute Gasteiger partial charge is 0.308 e. The van der Waals surface area contributed by atoms with Gasteiger partial charge in [-0.1, -0.05) is 0 Å². The number of hydrogen-bond acceptors (Lipinski definition) is 6. The molecule has 0 unspecified atom stereocenters. The summed E-state index contributed by atoms with van der Waals surface area (Å²) in [6, 6.07) is 2.88. The molecule has 2 aromatic rings. The number of nitrogen functional groups attached to an aromatic ring is 1. The molecule has 0 aliphatic rings. The average Bonchev–Trinajstić information content (AvgIpc) is 2.87. The Morgan fingerprint density at radius 2 is 2.15 bits per heavy atom. The number of nitrogens with two attached hydrogens (primary N) is 1. The fraction of sp³-hybridized carbons (Fsp3) is 0.273. The monoisotopic (exact) mass is 296 g/mol. The van der Waals surface area contributed by atoms with Crippen molar-refractivity contribution in [3.63, 3.8) is 0 Å². The van der Waals surface area contributed by atoms with Crippen LogP contribution in [0, 0.1) is 0 Å². The molecule has 0 saturated carbocycles. The summed E-state index contributed by atoms with van der Waals surface area (Å²) in [7, 11) is -3.70. The fourth-order valence-corrected chi connectivity index (χ4v) is 2.58. The Morgan fingerprint density at radius 3 is 2.75 bits per heavy atom. The molecule has 0 atom stereocenters. The molecule has 0 aliphatic carbocycles. The first-order valence-corrected chi connectivity index (χ1v) is 7.40. The van der Waals surface area contributed by atoms with Crippen LogP contribution in [-0.2, 0) is 10.0 Å². The van der Waals surface area contributed by atoms with E-state index in [1.54, 1.807) is 10.9 Å². The minimum Gasteiger partial charge on any atom is -0.308 e. The summed E-state index contributed by atoms with van der Waals surface area (Å²) in [4.78, 5) is 3.93. The van der Waals surface area contributed by atoms with E-state index >= 15 is 0 Å². The predicted octanol–water partition coefficient (Wildman–Crippen LogP) is 0.945. The second kappa shape index (κ2) is 5.47. The van der Waals surface area contributed by atoms with E-state index in [9.17, 15) is 8.42 Å². The van der Waals surface area contributed by atoms with Gasteiger partial charge in [-0.2, -0.15) is 5.10 Å². The lowest BCUT2D eigenvalue weighted by Gasteiger charge is -2.07. The number of hydrazine groups is 1. The molecule has 2 aromatic heterocycles. The number of rotatable bonds is 5. The third-order valence-corrected chi connectivity index (χ3v) is 3.95. The molecular weight excluding hydrogens is 280 g/mol. The van der Waals surface area contributed by atoms with E-state index in [1.807, 2.05) is 13.8 Å². The van der Waals surface area contributed by atoms with Crippen molar-refractivity contribution >= 4 is 21.5 Å². The van der Waals surface area contributed by atoms with Gasteiger partial charge in [-0.15, -0.1) is 0 Å². The molecular formula is C11H16N6O2S. The zero-order chi connectivity index (χ0) is 14.8. The van der Waals surface area contributed by atoms with Crippen molar-refractivity contribution in [3.05, 3.63) is 30.7 Å². The van der Waals surface area contributed by atoms with Crippen molar-refractivity contribution in [1.29, 1.82) is 0 Å². The Labute approximate surface area is 117 Å². The molecule has 9 heteroatoms. The Bertz CT molecular complexity index is 694. The normalized spacial score (nSPS) is 11.6. The molecule has 2 rings (SSSR count). The van der Waals surface area contributed by atoms with Gasteiger partial charge in [0.15, 0.2) is 0 Å². The first-order chi connectivity index (χ1) is 9.42. The number of pyridine rings is 1. The van der Waals surface area contributed by atoms with Crippen molar-refractivity contribution < 1.29 is 8.42 Å². The summed E-state index contributed by atoms with van der Waals surface area (Å²) < 4.78 is 28.5. The van der Waals surface area contributed by atoms with Crippen LogP contribution in [0.1, 0.15) is 19.9 Å². The maximum Gasteiger partial charge on any atom is 0.262 e. The van der Waals surface area contributed by atoms with Gasteiger partial charge in [-0.3, -0.25) is 9.40 Å². The molecule has 2 heterocycles. The van der Waals surface area contributed by atoms with Gasteiger partial charge in [-0.25, -0.2) is 19.2 Å². The maximum atomic E-state index is 12.2. The summed E-state index contributed by atoms with van der Waals surface area (Å²) in [6.45, 7) is 3.90. The molecule has 0 amide bonds. The lowest BCUT2D eigenvalue weighted by Crippen LogP contribution is -2.14. The van der Waals surface area contributed by atoms with Crippen LogP contribution < -0.4 is 16.0 Å². The lowest BCUT2D eigenvalue weighted by atomic mass is 10.4. The van der Waals surface area contributed by atoms with Crippen LogP contribution in [0.5, 0.6) is 0 Å². The molecule has 0 spiro atoms. The highest BCUT2D eigenvalue weighted by Gasteiger charge is 2.16. The molecule has 0 aromatic carbocycles. The first-order valence-electron chi connectivity index (χ1n) is 5.92. The summed E-state index contributed by atoms with van der Waals surface area (Å²) in [5.41, 5.74) is 2.70. The van der Waals surface area contributed by atoms with E-state index in [1.165, 1.54) is 24.5 Å². The van der Waals surface area contributed by atoms with Gasteiger partial charge in [0.1, 0.15) is 5.82 Å². The van der Waals surface area contributed by atoms with Gasteiger partial charge in [0.05, 0.1) is 16.8 Å². The van der Waals surface area contributed by atoms with Crippen molar-refractivity contribution in [1.82, 2.24) is 14.8 Å². The number of hydrogen-bond donors (Lipinski definition) is 3. The molecule has 4 N–H and O–H groups in total. The van der Waals surface area contributed by atoms with E-state index < -0.39 is 10.0 Å². The summed E-state index contributed by atoms with van der Waals surface area (Å²) in [5.74, 6) is 5.48. The van der Waals surface area contributed by atoms with Gasteiger partial charge in [-0.05, 0) is 19.9 Å². The third kappa shape index (κ3) is 3.06. The number of nitrogens with zero attached hydrogens (tertiary/aromatic N) is 3. The number of nitrogens with one attached hydrogen (secondary N) is 2. The fourth-order valence-electron chi connectivity index (χ4n) is 1.54. The smallest absolute Gasteiger partial charge is 0.262 e. The molecule has 0 fully saturated rings. The minimum atomic E-state index is -3.70. The Hall–Kier alpha value is -2.13. The van der Waals surface area contributed by atoms with Gasteiger partial charge in [0, 0.05) is 24.5 Å². The van der Waals surface area contributed by atoms with Crippen LogP contribution in [0.4, 0.5) is 11.5 Å². The third-order valence-electron chi connectivity index (χ3n) is 2.57. The van der Waals surface area contributed by atoms with Crippen LogP contribution in [0.15, 0.2) is 35.6 Å². The van der Waals surface area contributed by atoms with Gasteiger partial charge in [0.2, 0.25) is 0 Å². The standard InChI is InChI=1S/C11H16N6O2S/c1-8(2)17-7-9(6-14-17)16-20(18,19)10-3-4-13-11(5-10)15-12/h3-8,16H,12H2,1-2H3,(H,13,15). The van der Waals surface area contributed by atoms with Crippen molar-refractivity contribution in [2.45, 2.75) is 24.8 Å². The Kier molecular flexibility index (Phi) is 3.91.